The number of aliphatic carboxylic acids is 1. The van der Waals surface area contributed by atoms with Gasteiger partial charge < -0.3 is 44.5 Å². The minimum Gasteiger partial charge on any atom is -0.481 e. The molecule has 4 aliphatic carbocycles. The summed E-state index contributed by atoms with van der Waals surface area (Å²) in [7, 11) is 0. The number of carbonyl (C=O) groups is 3. The van der Waals surface area contributed by atoms with E-state index in [1.54, 1.807) is 0 Å². The highest BCUT2D eigenvalue weighted by atomic mass is 16.7. The lowest BCUT2D eigenvalue weighted by atomic mass is 9.39. The average molecular weight is 695 g/mol. The molecule has 4 saturated carbocycles. The van der Waals surface area contributed by atoms with Crippen LogP contribution in [0.15, 0.2) is 0 Å². The molecule has 0 aromatic heterocycles. The Kier molecular flexibility index (Phi) is 8.93. The molecule has 2 saturated heterocycles. The van der Waals surface area contributed by atoms with Crippen molar-refractivity contribution >= 4 is 17.9 Å². The molecule has 2 spiro atoms. The van der Waals surface area contributed by atoms with Gasteiger partial charge in [-0.1, -0.05) is 27.7 Å². The molecule has 6 fully saturated rings. The fourth-order valence-corrected chi connectivity index (χ4v) is 12.5. The van der Waals surface area contributed by atoms with Gasteiger partial charge in [0.15, 0.2) is 12.4 Å². The third-order valence-corrected chi connectivity index (χ3v) is 15.0. The Balaban J connectivity index is 1.25. The fraction of sp³-hybridized carbons (Fsp3) is 0.919. The monoisotopic (exact) mass is 694 g/mol. The second kappa shape index (κ2) is 11.8. The van der Waals surface area contributed by atoms with Crippen LogP contribution in [0.3, 0.4) is 0 Å². The van der Waals surface area contributed by atoms with E-state index in [0.717, 1.165) is 25.7 Å². The lowest BCUT2D eigenvalue weighted by molar-refractivity contribution is -0.303. The molecule has 12 nitrogen and oxygen atoms in total. The van der Waals surface area contributed by atoms with Crippen LogP contribution >= 0.6 is 0 Å². The maximum Gasteiger partial charge on any atom is 0.310 e. The van der Waals surface area contributed by atoms with Crippen molar-refractivity contribution in [2.75, 3.05) is 6.61 Å². The minimum atomic E-state index is -1.45. The predicted molar refractivity (Wildman–Crippen MR) is 173 cm³/mol. The number of rotatable bonds is 7. The normalized spacial score (nSPS) is 49.8. The van der Waals surface area contributed by atoms with Crippen molar-refractivity contribution in [1.82, 2.24) is 0 Å². The molecule has 278 valence electrons. The number of hydrogen-bond acceptors (Lipinski definition) is 11. The Morgan fingerprint density at radius 3 is 2.18 bits per heavy atom. The molecule has 6 rings (SSSR count). The zero-order valence-electron chi connectivity index (χ0n) is 30.3. The summed E-state index contributed by atoms with van der Waals surface area (Å²) in [5.74, 6) is -2.85. The van der Waals surface area contributed by atoms with Crippen LogP contribution in [0.4, 0.5) is 0 Å². The number of carboxylic acids is 1. The summed E-state index contributed by atoms with van der Waals surface area (Å²) in [5.41, 5.74) is -4.15. The SMILES string of the molecule is CC(=O)O[C@H]([C@H]1C[C@@H](C)[C@H]([C@@]2(C)CC[C@@]34C[C@@]35CC[C@H](O[C@@H]3OC[C@@H](O)[C@H](O)[C@H]3O)C(C)(C)[C@@H]5CC[C@H]4[C@]2(C)C(=O)O)C(=O)O1)C(C)(C)O. The minimum absolute atomic E-state index is 0.0627. The summed E-state index contributed by atoms with van der Waals surface area (Å²) in [5, 5.41) is 52.8. The lowest BCUT2D eigenvalue weighted by Gasteiger charge is -2.64. The van der Waals surface area contributed by atoms with E-state index in [1.807, 2.05) is 20.8 Å². The Morgan fingerprint density at radius 2 is 1.59 bits per heavy atom. The van der Waals surface area contributed by atoms with E-state index in [-0.39, 0.29) is 46.7 Å². The Bertz CT molecular complexity index is 1340. The number of esters is 2. The third-order valence-electron chi connectivity index (χ3n) is 15.0. The summed E-state index contributed by atoms with van der Waals surface area (Å²) in [6.45, 7) is 14.3. The standard InChI is InChI=1S/C37H58O12/c1-18-15-21(28(33(5,6)45)47-19(2)38)48-29(42)25(18)34(7)13-14-37-17-36(37)12-11-24(49-30-27(41)26(40)20(39)16-46-30)32(3,4)22(36)9-10-23(37)35(34,8)31(43)44/h18,20-28,30,39-41,45H,9-17H2,1-8H3,(H,43,44)/t18-,20-,21-,22+,23+,24+,25+,26+,27-,28-,30+,34-,35-,36-,37+/m1/s1. The van der Waals surface area contributed by atoms with Crippen molar-refractivity contribution in [3.63, 3.8) is 0 Å². The van der Waals surface area contributed by atoms with Gasteiger partial charge in [0, 0.05) is 6.92 Å². The molecule has 0 amide bonds. The number of ether oxygens (including phenoxy) is 4. The van der Waals surface area contributed by atoms with Gasteiger partial charge in [0.25, 0.3) is 0 Å². The van der Waals surface area contributed by atoms with Crippen LogP contribution in [0, 0.1) is 50.7 Å². The molecule has 12 heteroatoms. The first-order valence-electron chi connectivity index (χ1n) is 18.2. The van der Waals surface area contributed by atoms with Gasteiger partial charge >= 0.3 is 17.9 Å². The van der Waals surface area contributed by atoms with Crippen LogP contribution in [0.1, 0.15) is 107 Å². The average Bonchev–Trinajstić information content (AvgIpc) is 3.66. The van der Waals surface area contributed by atoms with Crippen molar-refractivity contribution in [2.45, 2.75) is 155 Å². The predicted octanol–water partition coefficient (Wildman–Crippen LogP) is 3.19. The fourth-order valence-electron chi connectivity index (χ4n) is 12.5. The zero-order chi connectivity index (χ0) is 36.3. The topological polar surface area (TPSA) is 189 Å². The maximum atomic E-state index is 14.1. The first-order chi connectivity index (χ1) is 22.6. The van der Waals surface area contributed by atoms with Gasteiger partial charge in [-0.15, -0.1) is 0 Å². The van der Waals surface area contributed by atoms with E-state index in [1.165, 1.54) is 20.8 Å². The molecule has 15 atom stereocenters. The van der Waals surface area contributed by atoms with Gasteiger partial charge in [-0.25, -0.2) is 0 Å². The van der Waals surface area contributed by atoms with Gasteiger partial charge in [-0.3, -0.25) is 14.4 Å². The van der Waals surface area contributed by atoms with E-state index >= 15 is 0 Å². The van der Waals surface area contributed by atoms with Gasteiger partial charge in [0.05, 0.1) is 29.6 Å². The Hall–Kier alpha value is -1.83. The third kappa shape index (κ3) is 5.24. The summed E-state index contributed by atoms with van der Waals surface area (Å²) < 4.78 is 23.4. The van der Waals surface area contributed by atoms with Crippen LogP contribution in [-0.4, -0.2) is 98.6 Å². The number of aliphatic hydroxyl groups is 4. The highest BCUT2D eigenvalue weighted by Gasteiger charge is 2.83. The summed E-state index contributed by atoms with van der Waals surface area (Å²) >= 11 is 0. The molecule has 0 aromatic carbocycles. The second-order valence-corrected chi connectivity index (χ2v) is 18.2. The van der Waals surface area contributed by atoms with Crippen LogP contribution in [-0.2, 0) is 33.3 Å². The smallest absolute Gasteiger partial charge is 0.310 e. The van der Waals surface area contributed by atoms with Crippen molar-refractivity contribution in [2.24, 2.45) is 50.7 Å². The van der Waals surface area contributed by atoms with E-state index in [2.05, 4.69) is 13.8 Å². The van der Waals surface area contributed by atoms with E-state index in [9.17, 15) is 39.9 Å². The van der Waals surface area contributed by atoms with Gasteiger partial charge in [-0.05, 0) is 112 Å². The molecule has 0 bridgehead atoms. The largest absolute Gasteiger partial charge is 0.481 e. The number of aliphatic hydroxyl groups excluding tert-OH is 3. The van der Waals surface area contributed by atoms with Crippen molar-refractivity contribution in [3.05, 3.63) is 0 Å². The zero-order valence-corrected chi connectivity index (χ0v) is 30.3. The molecule has 0 radical (unpaired) electrons. The van der Waals surface area contributed by atoms with Gasteiger partial charge in [-0.2, -0.15) is 0 Å². The van der Waals surface area contributed by atoms with Crippen LogP contribution in [0.5, 0.6) is 0 Å². The van der Waals surface area contributed by atoms with Crippen molar-refractivity contribution < 1.29 is 58.9 Å². The molecule has 6 aliphatic rings. The van der Waals surface area contributed by atoms with Gasteiger partial charge in [0.2, 0.25) is 0 Å². The molecule has 2 aliphatic heterocycles. The maximum absolute atomic E-state index is 14.1. The quantitative estimate of drug-likeness (QED) is 0.194. The number of hydrogen-bond donors (Lipinski definition) is 5. The lowest BCUT2D eigenvalue weighted by Crippen LogP contribution is -2.65. The van der Waals surface area contributed by atoms with E-state index in [0.29, 0.717) is 25.7 Å². The molecule has 0 aromatic rings. The van der Waals surface area contributed by atoms with Crippen molar-refractivity contribution in [3.8, 4) is 0 Å². The highest BCUT2D eigenvalue weighted by Crippen LogP contribution is 2.88. The molecule has 5 N–H and O–H groups in total. The Morgan fingerprint density at radius 1 is 0.959 bits per heavy atom. The van der Waals surface area contributed by atoms with E-state index < -0.39 is 77.1 Å². The summed E-state index contributed by atoms with van der Waals surface area (Å²) in [6, 6.07) is 0. The number of carboxylic acid groups (broad SMARTS) is 1. The molecule has 0 unspecified atom stereocenters. The number of cyclic esters (lactones) is 1. The van der Waals surface area contributed by atoms with E-state index in [4.69, 9.17) is 18.9 Å². The second-order valence-electron chi connectivity index (χ2n) is 18.2. The van der Waals surface area contributed by atoms with Crippen molar-refractivity contribution in [1.29, 1.82) is 0 Å². The number of carbonyl (C=O) groups excluding carboxylic acids is 2. The Labute approximate surface area is 289 Å². The molecule has 2 heterocycles. The first-order valence-corrected chi connectivity index (χ1v) is 18.2. The first kappa shape index (κ1) is 36.9. The molecular formula is C37H58O12. The molecular weight excluding hydrogens is 636 g/mol. The van der Waals surface area contributed by atoms with Crippen LogP contribution < -0.4 is 0 Å². The highest BCUT2D eigenvalue weighted by molar-refractivity contribution is 5.81. The molecule has 49 heavy (non-hydrogen) atoms. The summed E-state index contributed by atoms with van der Waals surface area (Å²) in [6.07, 6.45) is -1.44. The van der Waals surface area contributed by atoms with Crippen LogP contribution in [0.2, 0.25) is 0 Å². The summed E-state index contributed by atoms with van der Waals surface area (Å²) in [4.78, 5) is 39.7. The van der Waals surface area contributed by atoms with Crippen LogP contribution in [0.25, 0.3) is 0 Å². The van der Waals surface area contributed by atoms with Gasteiger partial charge in [0.1, 0.15) is 24.4 Å².